The number of thioether (sulfide) groups is 2. The van der Waals surface area contributed by atoms with Gasteiger partial charge in [0.05, 0.1) is 11.3 Å². The zero-order valence-corrected chi connectivity index (χ0v) is 13.9. The van der Waals surface area contributed by atoms with Gasteiger partial charge >= 0.3 is 5.97 Å². The Hall–Kier alpha value is -1.12. The minimum Gasteiger partial charge on any atom is -0.459 e. The average molecular weight is 309 g/mol. The molecule has 0 fully saturated rings. The Morgan fingerprint density at radius 1 is 1.30 bits per heavy atom. The van der Waals surface area contributed by atoms with Gasteiger partial charge in [0.2, 0.25) is 0 Å². The molecule has 0 N–H and O–H groups in total. The van der Waals surface area contributed by atoms with Gasteiger partial charge in [-0.15, -0.1) is 23.5 Å². The summed E-state index contributed by atoms with van der Waals surface area (Å²) in [5.74, 6) is 0.862. The van der Waals surface area contributed by atoms with Crippen LogP contribution in [-0.2, 0) is 9.53 Å². The Morgan fingerprint density at radius 2 is 1.90 bits per heavy atom. The van der Waals surface area contributed by atoms with Gasteiger partial charge in [0.15, 0.2) is 0 Å². The Balaban J connectivity index is 2.76. The number of benzene rings is 1. The first-order chi connectivity index (χ1) is 9.37. The van der Waals surface area contributed by atoms with Gasteiger partial charge in [-0.3, -0.25) is 4.79 Å². The maximum absolute atomic E-state index is 11.7. The summed E-state index contributed by atoms with van der Waals surface area (Å²) in [6, 6.07) is 7.94. The van der Waals surface area contributed by atoms with Gasteiger partial charge in [-0.1, -0.05) is 13.0 Å². The molecule has 0 saturated heterocycles. The average Bonchev–Trinajstić information content (AvgIpc) is 2.35. The van der Waals surface area contributed by atoms with Crippen LogP contribution in [0.15, 0.2) is 28.0 Å². The predicted molar refractivity (Wildman–Crippen MR) is 84.1 cm³/mol. The third-order valence-corrected chi connectivity index (χ3v) is 4.14. The Labute approximate surface area is 129 Å². The molecule has 1 aromatic rings. The van der Waals surface area contributed by atoms with Crippen molar-refractivity contribution in [3.63, 3.8) is 0 Å². The summed E-state index contributed by atoms with van der Waals surface area (Å²) >= 11 is 2.98. The first-order valence-corrected chi connectivity index (χ1v) is 8.35. The van der Waals surface area contributed by atoms with Crippen LogP contribution >= 0.6 is 23.5 Å². The van der Waals surface area contributed by atoms with Crippen molar-refractivity contribution in [3.8, 4) is 6.07 Å². The molecule has 0 aliphatic rings. The van der Waals surface area contributed by atoms with Gasteiger partial charge in [-0.2, -0.15) is 5.26 Å². The monoisotopic (exact) mass is 309 g/mol. The predicted octanol–water partition coefficient (Wildman–Crippen LogP) is 4.10. The highest BCUT2D eigenvalue weighted by Crippen LogP contribution is 2.31. The van der Waals surface area contributed by atoms with Gasteiger partial charge in [-0.25, -0.2) is 0 Å². The molecule has 0 amide bonds. The van der Waals surface area contributed by atoms with Crippen LogP contribution < -0.4 is 0 Å². The van der Waals surface area contributed by atoms with Crippen LogP contribution in [0, 0.1) is 11.3 Å². The lowest BCUT2D eigenvalue weighted by Gasteiger charge is -2.19. The summed E-state index contributed by atoms with van der Waals surface area (Å²) in [6.07, 6.45) is 0. The van der Waals surface area contributed by atoms with E-state index in [2.05, 4.69) is 6.07 Å². The molecule has 0 aliphatic heterocycles. The van der Waals surface area contributed by atoms with Crippen LogP contribution in [0.25, 0.3) is 0 Å². The van der Waals surface area contributed by atoms with Crippen LogP contribution in [0.1, 0.15) is 33.3 Å². The van der Waals surface area contributed by atoms with Gasteiger partial charge in [-0.05, 0) is 38.7 Å². The summed E-state index contributed by atoms with van der Waals surface area (Å²) in [4.78, 5) is 13.5. The van der Waals surface area contributed by atoms with Crippen molar-refractivity contribution in [2.45, 2.75) is 43.1 Å². The molecule has 20 heavy (non-hydrogen) atoms. The fourth-order valence-electron chi connectivity index (χ4n) is 1.52. The molecule has 0 radical (unpaired) electrons. The van der Waals surface area contributed by atoms with Crippen molar-refractivity contribution in [2.75, 3.05) is 11.5 Å². The lowest BCUT2D eigenvalue weighted by atomic mass is 10.2. The lowest BCUT2D eigenvalue weighted by Crippen LogP contribution is -2.24. The molecule has 0 spiro atoms. The van der Waals surface area contributed by atoms with Gasteiger partial charge < -0.3 is 4.74 Å². The van der Waals surface area contributed by atoms with E-state index < -0.39 is 5.60 Å². The highest BCUT2D eigenvalue weighted by Gasteiger charge is 2.17. The Kier molecular flexibility index (Phi) is 6.44. The maximum Gasteiger partial charge on any atom is 0.316 e. The van der Waals surface area contributed by atoms with Crippen molar-refractivity contribution in [1.29, 1.82) is 5.26 Å². The summed E-state index contributed by atoms with van der Waals surface area (Å²) in [5.41, 5.74) is 0.170. The van der Waals surface area contributed by atoms with E-state index >= 15 is 0 Å². The first kappa shape index (κ1) is 16.9. The highest BCUT2D eigenvalue weighted by molar-refractivity contribution is 8.00. The fourth-order valence-corrected chi connectivity index (χ4v) is 3.18. The maximum atomic E-state index is 11.7. The molecule has 0 atom stereocenters. The molecule has 1 aromatic carbocycles. The zero-order valence-electron chi connectivity index (χ0n) is 12.2. The highest BCUT2D eigenvalue weighted by atomic mass is 32.2. The molecular weight excluding hydrogens is 290 g/mol. The number of ether oxygens (including phenoxy) is 1. The summed E-state index contributed by atoms with van der Waals surface area (Å²) in [7, 11) is 0. The van der Waals surface area contributed by atoms with E-state index in [1.54, 1.807) is 11.8 Å². The molecule has 0 saturated carbocycles. The minimum absolute atomic E-state index is 0.214. The van der Waals surface area contributed by atoms with E-state index in [1.165, 1.54) is 11.8 Å². The van der Waals surface area contributed by atoms with E-state index in [4.69, 9.17) is 4.74 Å². The molecule has 5 heteroatoms. The second kappa shape index (κ2) is 7.61. The number of carbonyl (C=O) groups is 1. The van der Waals surface area contributed by atoms with Crippen LogP contribution in [-0.4, -0.2) is 23.1 Å². The van der Waals surface area contributed by atoms with E-state index in [0.29, 0.717) is 5.56 Å². The number of nitriles is 1. The number of nitrogens with zero attached hydrogens (tertiary/aromatic N) is 1. The van der Waals surface area contributed by atoms with Crippen LogP contribution in [0.3, 0.4) is 0 Å². The number of rotatable bonds is 5. The second-order valence-electron chi connectivity index (χ2n) is 5.05. The molecule has 108 valence electrons. The lowest BCUT2D eigenvalue weighted by molar-refractivity contribution is -0.151. The molecular formula is C15H19NO2S2. The molecule has 1 rings (SSSR count). The quantitative estimate of drug-likeness (QED) is 0.605. The number of hydrogen-bond donors (Lipinski definition) is 0. The minimum atomic E-state index is -0.477. The van der Waals surface area contributed by atoms with E-state index in [1.807, 2.05) is 45.9 Å². The summed E-state index contributed by atoms with van der Waals surface area (Å²) in [6.45, 7) is 7.57. The molecule has 0 heterocycles. The van der Waals surface area contributed by atoms with Crippen molar-refractivity contribution < 1.29 is 9.53 Å². The topological polar surface area (TPSA) is 50.1 Å². The summed E-state index contributed by atoms with van der Waals surface area (Å²) in [5, 5.41) is 9.28. The zero-order chi connectivity index (χ0) is 15.2. The largest absolute Gasteiger partial charge is 0.459 e. The van der Waals surface area contributed by atoms with Crippen molar-refractivity contribution in [1.82, 2.24) is 0 Å². The molecule has 0 bridgehead atoms. The molecule has 0 aromatic heterocycles. The van der Waals surface area contributed by atoms with Gasteiger partial charge in [0, 0.05) is 9.79 Å². The smallest absolute Gasteiger partial charge is 0.316 e. The molecule has 0 unspecified atom stereocenters. The Bertz CT molecular complexity index is 516. The number of hydrogen-bond acceptors (Lipinski definition) is 5. The van der Waals surface area contributed by atoms with Crippen molar-refractivity contribution >= 4 is 29.5 Å². The van der Waals surface area contributed by atoms with Crippen LogP contribution in [0.2, 0.25) is 0 Å². The fraction of sp³-hybridized carbons (Fsp3) is 0.467. The van der Waals surface area contributed by atoms with Crippen molar-refractivity contribution in [2.24, 2.45) is 0 Å². The normalized spacial score (nSPS) is 10.9. The standard InChI is InChI=1S/C15H19NO2S2/c1-5-19-12-7-6-8-13(11(12)9-16)20-10-14(17)18-15(2,3)4/h6-8H,5,10H2,1-4H3. The number of carbonyl (C=O) groups excluding carboxylic acids is 1. The van der Waals surface area contributed by atoms with Gasteiger partial charge in [0.1, 0.15) is 11.7 Å². The second-order valence-corrected chi connectivity index (χ2v) is 7.37. The Morgan fingerprint density at radius 3 is 2.40 bits per heavy atom. The van der Waals surface area contributed by atoms with Crippen molar-refractivity contribution in [3.05, 3.63) is 23.8 Å². The third-order valence-electron chi connectivity index (χ3n) is 2.17. The van der Waals surface area contributed by atoms with E-state index in [0.717, 1.165) is 15.5 Å². The van der Waals surface area contributed by atoms with Gasteiger partial charge in [0.25, 0.3) is 0 Å². The van der Waals surface area contributed by atoms with E-state index in [-0.39, 0.29) is 11.7 Å². The SMILES string of the molecule is CCSc1cccc(SCC(=O)OC(C)(C)C)c1C#N. The summed E-state index contributed by atoms with van der Waals surface area (Å²) < 4.78 is 5.26. The van der Waals surface area contributed by atoms with E-state index in [9.17, 15) is 10.1 Å². The third kappa shape index (κ3) is 5.48. The number of esters is 1. The molecule has 0 aliphatic carbocycles. The van der Waals surface area contributed by atoms with Crippen LogP contribution in [0.4, 0.5) is 0 Å². The first-order valence-electron chi connectivity index (χ1n) is 6.38. The molecule has 3 nitrogen and oxygen atoms in total. The van der Waals surface area contributed by atoms with Crippen LogP contribution in [0.5, 0.6) is 0 Å².